The lowest BCUT2D eigenvalue weighted by Gasteiger charge is -2.13. The minimum atomic E-state index is -0.570. The number of benzene rings is 1. The van der Waals surface area contributed by atoms with Gasteiger partial charge in [0.25, 0.3) is 0 Å². The number of carbonyl (C=O) groups excluding carboxylic acids is 1. The number of nitrogens with one attached hydrogen (secondary N) is 1. The van der Waals surface area contributed by atoms with E-state index in [0.29, 0.717) is 11.7 Å². The number of thiophene rings is 1. The van der Waals surface area contributed by atoms with E-state index in [9.17, 15) is 9.18 Å². The molecule has 9 heteroatoms. The van der Waals surface area contributed by atoms with Crippen LogP contribution in [0.15, 0.2) is 40.9 Å². The molecule has 0 radical (unpaired) electrons. The summed E-state index contributed by atoms with van der Waals surface area (Å²) in [5.74, 6) is -0.111. The van der Waals surface area contributed by atoms with Gasteiger partial charge in [0.05, 0.1) is 15.8 Å². The van der Waals surface area contributed by atoms with Crippen LogP contribution in [-0.4, -0.2) is 25.9 Å². The number of anilines is 1. The molecule has 1 atom stereocenters. The first-order chi connectivity index (χ1) is 12.5. The Hall–Kier alpha value is -1.90. The molecule has 1 unspecified atom stereocenters. The Morgan fingerprint density at radius 1 is 1.42 bits per heavy atom. The van der Waals surface area contributed by atoms with E-state index in [0.717, 1.165) is 16.8 Å². The molecule has 1 N–H and O–H groups in total. The van der Waals surface area contributed by atoms with Crippen molar-refractivity contribution in [3.63, 3.8) is 0 Å². The molecule has 2 heterocycles. The lowest BCUT2D eigenvalue weighted by atomic mass is 10.3. The van der Waals surface area contributed by atoms with Gasteiger partial charge in [-0.3, -0.25) is 4.79 Å². The van der Waals surface area contributed by atoms with E-state index in [1.807, 2.05) is 29.0 Å². The van der Waals surface area contributed by atoms with Gasteiger partial charge in [0.15, 0.2) is 11.0 Å². The molecule has 2 aromatic heterocycles. The second-order valence-electron chi connectivity index (χ2n) is 5.40. The largest absolute Gasteiger partial charge is 0.323 e. The maximum absolute atomic E-state index is 13.8. The molecule has 1 aromatic carbocycles. The lowest BCUT2D eigenvalue weighted by molar-refractivity contribution is -0.115. The van der Waals surface area contributed by atoms with Crippen molar-refractivity contribution in [2.45, 2.75) is 30.8 Å². The van der Waals surface area contributed by atoms with Crippen molar-refractivity contribution in [2.24, 2.45) is 0 Å². The van der Waals surface area contributed by atoms with E-state index in [-0.39, 0.29) is 16.6 Å². The molecule has 26 heavy (non-hydrogen) atoms. The van der Waals surface area contributed by atoms with Gasteiger partial charge in [0.1, 0.15) is 5.82 Å². The molecule has 0 bridgehead atoms. The number of hydrogen-bond donors (Lipinski definition) is 1. The van der Waals surface area contributed by atoms with E-state index in [1.165, 1.54) is 23.9 Å². The zero-order valence-corrected chi connectivity index (χ0v) is 16.5. The van der Waals surface area contributed by atoms with Gasteiger partial charge in [-0.05, 0) is 43.5 Å². The van der Waals surface area contributed by atoms with Crippen molar-refractivity contribution >= 4 is 46.3 Å². The molecule has 3 aromatic rings. The average molecular weight is 411 g/mol. The Balaban J connectivity index is 1.73. The SMILES string of the molecule is CCn1c(SC(C)C(=O)Nc2ccc(Cl)cc2F)nnc1-c1cccs1. The van der Waals surface area contributed by atoms with E-state index >= 15 is 0 Å². The van der Waals surface area contributed by atoms with Gasteiger partial charge in [0.2, 0.25) is 5.91 Å². The van der Waals surface area contributed by atoms with Crippen molar-refractivity contribution in [1.82, 2.24) is 14.8 Å². The molecule has 0 saturated carbocycles. The van der Waals surface area contributed by atoms with Crippen molar-refractivity contribution in [1.29, 1.82) is 0 Å². The van der Waals surface area contributed by atoms with Crippen LogP contribution in [0, 0.1) is 5.82 Å². The molecule has 3 rings (SSSR count). The van der Waals surface area contributed by atoms with Gasteiger partial charge in [-0.25, -0.2) is 4.39 Å². The quantitative estimate of drug-likeness (QED) is 0.585. The fraction of sp³-hybridized carbons (Fsp3) is 0.235. The Bertz CT molecular complexity index is 914. The average Bonchev–Trinajstić information content (AvgIpc) is 3.26. The highest BCUT2D eigenvalue weighted by Crippen LogP contribution is 2.29. The van der Waals surface area contributed by atoms with Crippen molar-refractivity contribution in [3.8, 4) is 10.7 Å². The molecular weight excluding hydrogens is 395 g/mol. The summed E-state index contributed by atoms with van der Waals surface area (Å²) in [6, 6.07) is 8.07. The highest BCUT2D eigenvalue weighted by Gasteiger charge is 2.21. The van der Waals surface area contributed by atoms with Crippen molar-refractivity contribution in [2.75, 3.05) is 5.32 Å². The Morgan fingerprint density at radius 3 is 2.88 bits per heavy atom. The summed E-state index contributed by atoms with van der Waals surface area (Å²) in [4.78, 5) is 13.4. The summed E-state index contributed by atoms with van der Waals surface area (Å²) in [5, 5.41) is 13.5. The normalized spacial score (nSPS) is 12.2. The highest BCUT2D eigenvalue weighted by molar-refractivity contribution is 8.00. The summed E-state index contributed by atoms with van der Waals surface area (Å²) in [5.41, 5.74) is 0.100. The number of thioether (sulfide) groups is 1. The third-order valence-electron chi connectivity index (χ3n) is 3.62. The molecule has 5 nitrogen and oxygen atoms in total. The summed E-state index contributed by atoms with van der Waals surface area (Å²) < 4.78 is 15.8. The number of carbonyl (C=O) groups is 1. The van der Waals surface area contributed by atoms with Crippen LogP contribution in [0.2, 0.25) is 5.02 Å². The summed E-state index contributed by atoms with van der Waals surface area (Å²) in [7, 11) is 0. The molecule has 136 valence electrons. The van der Waals surface area contributed by atoms with Gasteiger partial charge < -0.3 is 9.88 Å². The molecule has 0 aliphatic rings. The Kier molecular flexibility index (Phi) is 5.95. The van der Waals surface area contributed by atoms with Crippen molar-refractivity contribution < 1.29 is 9.18 Å². The van der Waals surface area contributed by atoms with E-state index < -0.39 is 11.1 Å². The zero-order valence-electron chi connectivity index (χ0n) is 14.1. The number of aromatic nitrogens is 3. The number of halogens is 2. The van der Waals surface area contributed by atoms with Crippen LogP contribution < -0.4 is 5.32 Å². The number of nitrogens with zero attached hydrogens (tertiary/aromatic N) is 3. The zero-order chi connectivity index (χ0) is 18.7. The second kappa shape index (κ2) is 8.20. The monoisotopic (exact) mass is 410 g/mol. The van der Waals surface area contributed by atoms with Crippen LogP contribution in [0.5, 0.6) is 0 Å². The minimum Gasteiger partial charge on any atom is -0.323 e. The number of amides is 1. The molecular formula is C17H16ClFN4OS2. The van der Waals surface area contributed by atoms with Gasteiger partial charge in [-0.15, -0.1) is 21.5 Å². The first-order valence-corrected chi connectivity index (χ1v) is 10.0. The van der Waals surface area contributed by atoms with Gasteiger partial charge >= 0.3 is 0 Å². The predicted octanol–water partition coefficient (Wildman–Crippen LogP) is 4.94. The molecule has 0 fully saturated rings. The molecule has 0 spiro atoms. The molecule has 0 aliphatic heterocycles. The third-order valence-corrected chi connectivity index (χ3v) is 5.80. The van der Waals surface area contributed by atoms with Gasteiger partial charge in [0, 0.05) is 11.6 Å². The lowest BCUT2D eigenvalue weighted by Crippen LogP contribution is -2.23. The predicted molar refractivity (Wildman–Crippen MR) is 104 cm³/mol. The van der Waals surface area contributed by atoms with Crippen LogP contribution in [0.4, 0.5) is 10.1 Å². The van der Waals surface area contributed by atoms with Crippen LogP contribution in [0.1, 0.15) is 13.8 Å². The maximum atomic E-state index is 13.8. The van der Waals surface area contributed by atoms with Gasteiger partial charge in [-0.2, -0.15) is 0 Å². The van der Waals surface area contributed by atoms with Gasteiger partial charge in [-0.1, -0.05) is 29.4 Å². The number of hydrogen-bond acceptors (Lipinski definition) is 5. The first-order valence-electron chi connectivity index (χ1n) is 7.89. The van der Waals surface area contributed by atoms with E-state index in [4.69, 9.17) is 11.6 Å². The highest BCUT2D eigenvalue weighted by atomic mass is 35.5. The summed E-state index contributed by atoms with van der Waals surface area (Å²) >= 11 is 8.59. The van der Waals surface area contributed by atoms with E-state index in [2.05, 4.69) is 15.5 Å². The van der Waals surface area contributed by atoms with Crippen LogP contribution in [0.25, 0.3) is 10.7 Å². The minimum absolute atomic E-state index is 0.100. The summed E-state index contributed by atoms with van der Waals surface area (Å²) in [6.45, 7) is 4.42. The Labute approximate surface area is 163 Å². The molecule has 1 amide bonds. The standard InChI is InChI=1S/C17H16ClFN4OS2/c1-3-23-15(14-5-4-8-25-14)21-22-17(23)26-10(2)16(24)20-13-7-6-11(18)9-12(13)19/h4-10H,3H2,1-2H3,(H,20,24). The van der Waals surface area contributed by atoms with Crippen LogP contribution >= 0.6 is 34.7 Å². The fourth-order valence-electron chi connectivity index (χ4n) is 2.29. The fourth-order valence-corrected chi connectivity index (χ4v) is 4.07. The smallest absolute Gasteiger partial charge is 0.237 e. The second-order valence-corrected chi connectivity index (χ2v) is 8.09. The molecule has 0 saturated heterocycles. The third kappa shape index (κ3) is 4.08. The van der Waals surface area contributed by atoms with Crippen LogP contribution in [-0.2, 0) is 11.3 Å². The maximum Gasteiger partial charge on any atom is 0.237 e. The number of rotatable bonds is 6. The topological polar surface area (TPSA) is 59.8 Å². The van der Waals surface area contributed by atoms with Crippen molar-refractivity contribution in [3.05, 3.63) is 46.6 Å². The summed E-state index contributed by atoms with van der Waals surface area (Å²) in [6.07, 6.45) is 0. The van der Waals surface area contributed by atoms with E-state index in [1.54, 1.807) is 18.3 Å². The Morgan fingerprint density at radius 2 is 2.23 bits per heavy atom. The molecule has 0 aliphatic carbocycles. The first kappa shape index (κ1) is 18.9. The van der Waals surface area contributed by atoms with Crippen LogP contribution in [0.3, 0.4) is 0 Å².